The normalized spacial score (nSPS) is 23.9. The number of hydrogen-bond acceptors (Lipinski definition) is 10. The number of nitrogens with zero attached hydrogens (tertiary/aromatic N) is 7. The lowest BCUT2D eigenvalue weighted by Crippen LogP contribution is -2.51. The van der Waals surface area contributed by atoms with Gasteiger partial charge in [0.2, 0.25) is 17.8 Å². The molecule has 3 unspecified atom stereocenters. The Morgan fingerprint density at radius 3 is 2.61 bits per heavy atom. The third-order valence-corrected chi connectivity index (χ3v) is 6.82. The van der Waals surface area contributed by atoms with Crippen LogP contribution in [-0.2, 0) is 9.53 Å². The molecule has 2 saturated heterocycles. The largest absolute Gasteiger partial charge is 0.373 e. The van der Waals surface area contributed by atoms with Crippen LogP contribution in [0.25, 0.3) is 5.78 Å². The van der Waals surface area contributed by atoms with Gasteiger partial charge in [-0.05, 0) is 40.5 Å². The van der Waals surface area contributed by atoms with Crippen LogP contribution < -0.4 is 10.6 Å². The van der Waals surface area contributed by atoms with E-state index in [2.05, 4.69) is 49.5 Å². The average Bonchev–Trinajstić information content (AvgIpc) is 3.39. The number of carbonyl (C=O) groups excluding carboxylic acids is 1. The molecule has 182 valence electrons. The zero-order chi connectivity index (χ0) is 23.4. The van der Waals surface area contributed by atoms with Crippen LogP contribution >= 0.6 is 11.8 Å². The van der Waals surface area contributed by atoms with Crippen LogP contribution in [0, 0.1) is 0 Å². The number of rotatable bonds is 9. The highest BCUT2D eigenvalue weighted by Gasteiger charge is 2.32. The van der Waals surface area contributed by atoms with E-state index in [1.54, 1.807) is 4.40 Å². The Morgan fingerprint density at radius 2 is 1.88 bits per heavy atom. The van der Waals surface area contributed by atoms with Crippen molar-refractivity contribution in [3.05, 3.63) is 0 Å². The number of hydrogen-bond donors (Lipinski definition) is 2. The molecule has 0 saturated carbocycles. The minimum atomic E-state index is 0.142. The molecule has 11 nitrogen and oxygen atoms in total. The minimum absolute atomic E-state index is 0.142. The number of fused-ring (bicyclic) bond motifs is 1. The number of carbonyl (C=O) groups is 1. The van der Waals surface area contributed by atoms with Gasteiger partial charge in [-0.1, -0.05) is 11.8 Å². The second-order valence-electron chi connectivity index (χ2n) is 8.70. The summed E-state index contributed by atoms with van der Waals surface area (Å²) in [5, 5.41) is 15.5. The fourth-order valence-corrected chi connectivity index (χ4v) is 5.51. The van der Waals surface area contributed by atoms with Gasteiger partial charge < -0.3 is 20.3 Å². The topological polar surface area (TPSA) is 113 Å². The Hall–Kier alpha value is -2.18. The molecular formula is C21H35N9O2S. The molecule has 0 bridgehead atoms. The molecule has 33 heavy (non-hydrogen) atoms. The van der Waals surface area contributed by atoms with Crippen molar-refractivity contribution in [3.8, 4) is 0 Å². The van der Waals surface area contributed by atoms with Gasteiger partial charge in [0.25, 0.3) is 5.78 Å². The molecule has 2 N–H and O–H groups in total. The molecule has 1 amide bonds. The average molecular weight is 478 g/mol. The molecule has 0 radical (unpaired) electrons. The van der Waals surface area contributed by atoms with Gasteiger partial charge in [0.05, 0.1) is 18.0 Å². The highest BCUT2D eigenvalue weighted by atomic mass is 32.2. The summed E-state index contributed by atoms with van der Waals surface area (Å²) in [6.45, 7) is 13.2. The van der Waals surface area contributed by atoms with Crippen molar-refractivity contribution in [2.45, 2.75) is 63.9 Å². The van der Waals surface area contributed by atoms with Crippen LogP contribution in [0.4, 0.5) is 11.9 Å². The molecule has 0 aromatic carbocycles. The van der Waals surface area contributed by atoms with Crippen molar-refractivity contribution in [1.29, 1.82) is 0 Å². The van der Waals surface area contributed by atoms with Gasteiger partial charge in [-0.25, -0.2) is 4.40 Å². The fraction of sp³-hybridized carbons (Fsp3) is 0.762. The third kappa shape index (κ3) is 5.67. The first-order valence-corrected chi connectivity index (χ1v) is 12.9. The molecule has 2 fully saturated rings. The van der Waals surface area contributed by atoms with E-state index in [1.807, 2.05) is 18.7 Å². The first-order chi connectivity index (χ1) is 16.0. The summed E-state index contributed by atoms with van der Waals surface area (Å²) in [5.41, 5.74) is 0. The van der Waals surface area contributed by atoms with Crippen molar-refractivity contribution in [1.82, 2.24) is 34.4 Å². The second kappa shape index (κ2) is 10.8. The van der Waals surface area contributed by atoms with Gasteiger partial charge in [-0.15, -0.1) is 10.2 Å². The van der Waals surface area contributed by atoms with Gasteiger partial charge in [0.15, 0.2) is 5.16 Å². The molecule has 2 aromatic rings. The smallest absolute Gasteiger partial charge is 0.261 e. The summed E-state index contributed by atoms with van der Waals surface area (Å²) in [4.78, 5) is 26.6. The van der Waals surface area contributed by atoms with Gasteiger partial charge in [0, 0.05) is 45.3 Å². The number of nitrogens with one attached hydrogen (secondary N) is 2. The van der Waals surface area contributed by atoms with Crippen LogP contribution in [0.2, 0.25) is 0 Å². The lowest BCUT2D eigenvalue weighted by molar-refractivity contribution is -0.130. The van der Waals surface area contributed by atoms with Crippen molar-refractivity contribution in [2.24, 2.45) is 0 Å². The molecule has 0 aliphatic carbocycles. The molecular weight excluding hydrogens is 442 g/mol. The Labute approximate surface area is 199 Å². The molecule has 2 aliphatic heterocycles. The minimum Gasteiger partial charge on any atom is -0.373 e. The van der Waals surface area contributed by atoms with E-state index >= 15 is 0 Å². The fourth-order valence-electron chi connectivity index (χ4n) is 4.69. The quantitative estimate of drug-likeness (QED) is 0.516. The molecule has 3 atom stereocenters. The number of ether oxygens (including phenoxy) is 1. The molecule has 2 aromatic heterocycles. The third-order valence-electron chi connectivity index (χ3n) is 5.90. The molecule has 12 heteroatoms. The summed E-state index contributed by atoms with van der Waals surface area (Å²) in [6, 6.07) is 0.258. The number of thioether (sulfide) groups is 1. The molecule has 4 rings (SSSR count). The zero-order valence-corrected chi connectivity index (χ0v) is 20.8. The predicted molar refractivity (Wildman–Crippen MR) is 129 cm³/mol. The Kier molecular flexibility index (Phi) is 7.86. The number of aromatic nitrogens is 5. The van der Waals surface area contributed by atoms with Gasteiger partial charge in [-0.2, -0.15) is 9.97 Å². The van der Waals surface area contributed by atoms with E-state index in [0.29, 0.717) is 41.7 Å². The van der Waals surface area contributed by atoms with E-state index in [1.165, 1.54) is 11.8 Å². The summed E-state index contributed by atoms with van der Waals surface area (Å²) in [7, 11) is 0. The Morgan fingerprint density at radius 1 is 1.12 bits per heavy atom. The van der Waals surface area contributed by atoms with Crippen molar-refractivity contribution in [2.75, 3.05) is 55.7 Å². The lowest BCUT2D eigenvalue weighted by atomic mass is 10.1. The van der Waals surface area contributed by atoms with Gasteiger partial charge >= 0.3 is 0 Å². The standard InChI is InChI=1S/C21H35N9O2S/c1-5-22-18-24-19(23-6-2)30-20(25-18)26-27-21(30)33-13-17(31)29-9-7-8-16(29)12-28-10-14(3)32-15(4)11-28/h14-16H,5-13H2,1-4H3,(H2,22,23,24,25,26). The van der Waals surface area contributed by atoms with Crippen molar-refractivity contribution in [3.63, 3.8) is 0 Å². The lowest BCUT2D eigenvalue weighted by Gasteiger charge is -2.38. The van der Waals surface area contributed by atoms with Crippen LogP contribution in [0.5, 0.6) is 0 Å². The first-order valence-electron chi connectivity index (χ1n) is 11.9. The number of anilines is 2. The summed E-state index contributed by atoms with van der Waals surface area (Å²) < 4.78 is 7.64. The van der Waals surface area contributed by atoms with E-state index < -0.39 is 0 Å². The Bertz CT molecular complexity index is 945. The highest BCUT2D eigenvalue weighted by molar-refractivity contribution is 7.99. The van der Waals surface area contributed by atoms with E-state index in [0.717, 1.165) is 39.0 Å². The summed E-state index contributed by atoms with van der Waals surface area (Å²) >= 11 is 1.38. The van der Waals surface area contributed by atoms with E-state index in [-0.39, 0.29) is 24.2 Å². The van der Waals surface area contributed by atoms with Crippen LogP contribution in [0.1, 0.15) is 40.5 Å². The summed E-state index contributed by atoms with van der Waals surface area (Å²) in [5.74, 6) is 2.04. The van der Waals surface area contributed by atoms with Crippen LogP contribution in [-0.4, -0.2) is 104 Å². The monoisotopic (exact) mass is 477 g/mol. The van der Waals surface area contributed by atoms with Crippen LogP contribution in [0.3, 0.4) is 0 Å². The second-order valence-corrected chi connectivity index (χ2v) is 9.64. The highest BCUT2D eigenvalue weighted by Crippen LogP contribution is 2.25. The van der Waals surface area contributed by atoms with Crippen molar-refractivity contribution < 1.29 is 9.53 Å². The summed E-state index contributed by atoms with van der Waals surface area (Å²) in [6.07, 6.45) is 2.57. The first kappa shape index (κ1) is 24.0. The molecule has 2 aliphatic rings. The number of likely N-dealkylation sites (tertiary alicyclic amines) is 1. The maximum absolute atomic E-state index is 13.2. The molecule has 4 heterocycles. The van der Waals surface area contributed by atoms with Crippen LogP contribution in [0.15, 0.2) is 5.16 Å². The SMILES string of the molecule is CCNc1nc(NCC)n2c(SCC(=O)N3CCCC3CN3CC(C)OC(C)C3)nnc2n1. The van der Waals surface area contributed by atoms with Crippen molar-refractivity contribution >= 4 is 35.3 Å². The van der Waals surface area contributed by atoms with E-state index in [9.17, 15) is 4.79 Å². The number of amides is 1. The molecule has 0 spiro atoms. The Balaban J connectivity index is 1.41. The van der Waals surface area contributed by atoms with Gasteiger partial charge in [-0.3, -0.25) is 9.69 Å². The maximum atomic E-state index is 13.2. The van der Waals surface area contributed by atoms with E-state index in [4.69, 9.17) is 4.74 Å². The van der Waals surface area contributed by atoms with Gasteiger partial charge in [0.1, 0.15) is 0 Å². The zero-order valence-electron chi connectivity index (χ0n) is 20.0. The maximum Gasteiger partial charge on any atom is 0.261 e. The number of morpholine rings is 1. The predicted octanol–water partition coefficient (Wildman–Crippen LogP) is 1.58.